The predicted octanol–water partition coefficient (Wildman–Crippen LogP) is 2.90. The van der Waals surface area contributed by atoms with Crippen molar-refractivity contribution in [3.05, 3.63) is 58.8 Å². The third-order valence-electron chi connectivity index (χ3n) is 2.62. The van der Waals surface area contributed by atoms with Gasteiger partial charge in [0.15, 0.2) is 0 Å². The molecule has 18 heavy (non-hydrogen) atoms. The summed E-state index contributed by atoms with van der Waals surface area (Å²) in [6, 6.07) is 7.45. The highest BCUT2D eigenvalue weighted by Gasteiger charge is 2.13. The molecule has 0 radical (unpaired) electrons. The zero-order chi connectivity index (χ0) is 13.0. The molecule has 0 bridgehead atoms. The third kappa shape index (κ3) is 3.10. The van der Waals surface area contributed by atoms with Gasteiger partial charge in [0.25, 0.3) is 0 Å². The average Bonchev–Trinajstić information content (AvgIpc) is 2.86. The van der Waals surface area contributed by atoms with Gasteiger partial charge in [0.05, 0.1) is 18.9 Å². The van der Waals surface area contributed by atoms with Gasteiger partial charge in [0, 0.05) is 11.6 Å². The molecule has 0 aliphatic rings. The minimum absolute atomic E-state index is 0.0909. The van der Waals surface area contributed by atoms with Gasteiger partial charge in [0.2, 0.25) is 0 Å². The van der Waals surface area contributed by atoms with Gasteiger partial charge in [-0.1, -0.05) is 17.7 Å². The Morgan fingerprint density at radius 3 is 2.83 bits per heavy atom. The Kier molecular flexibility index (Phi) is 4.36. The Bertz CT molecular complexity index is 502. The molecule has 1 heterocycles. The molecule has 3 nitrogen and oxygen atoms in total. The quantitative estimate of drug-likeness (QED) is 0.877. The number of aliphatic hydroxyl groups is 1. The average molecular weight is 270 g/mol. The molecule has 2 N–H and O–H groups in total. The fourth-order valence-corrected chi connectivity index (χ4v) is 1.88. The lowest BCUT2D eigenvalue weighted by molar-refractivity contribution is 0.225. The summed E-state index contributed by atoms with van der Waals surface area (Å²) in [6.07, 6.45) is 1.55. The van der Waals surface area contributed by atoms with E-state index in [1.165, 1.54) is 12.1 Å². The smallest absolute Gasteiger partial charge is 0.124 e. The van der Waals surface area contributed by atoms with E-state index >= 15 is 0 Å². The highest BCUT2D eigenvalue weighted by molar-refractivity contribution is 6.31. The van der Waals surface area contributed by atoms with E-state index in [1.54, 1.807) is 24.5 Å². The molecular formula is C13H13ClFNO2. The van der Waals surface area contributed by atoms with Crippen molar-refractivity contribution in [2.75, 3.05) is 6.61 Å². The van der Waals surface area contributed by atoms with Crippen molar-refractivity contribution in [3.8, 4) is 0 Å². The molecule has 1 aromatic heterocycles. The molecule has 0 saturated heterocycles. The van der Waals surface area contributed by atoms with Crippen LogP contribution in [0.5, 0.6) is 0 Å². The molecule has 2 rings (SSSR count). The molecule has 0 aliphatic heterocycles. The minimum Gasteiger partial charge on any atom is -0.468 e. The van der Waals surface area contributed by atoms with Crippen LogP contribution in [0.4, 0.5) is 4.39 Å². The summed E-state index contributed by atoms with van der Waals surface area (Å²) in [5.74, 6) is 0.282. The van der Waals surface area contributed by atoms with Crippen molar-refractivity contribution in [3.63, 3.8) is 0 Å². The van der Waals surface area contributed by atoms with Crippen molar-refractivity contribution in [2.24, 2.45) is 0 Å². The van der Waals surface area contributed by atoms with Crippen LogP contribution in [0.25, 0.3) is 0 Å². The molecule has 2 aromatic rings. The summed E-state index contributed by atoms with van der Waals surface area (Å²) in [4.78, 5) is 0. The molecule has 0 amide bonds. The van der Waals surface area contributed by atoms with Crippen LogP contribution < -0.4 is 5.32 Å². The molecule has 96 valence electrons. The number of aliphatic hydroxyl groups excluding tert-OH is 1. The van der Waals surface area contributed by atoms with Gasteiger partial charge in [-0.3, -0.25) is 0 Å². The molecule has 1 aromatic carbocycles. The van der Waals surface area contributed by atoms with Crippen molar-refractivity contribution < 1.29 is 13.9 Å². The Hall–Kier alpha value is -1.36. The summed E-state index contributed by atoms with van der Waals surface area (Å²) >= 11 is 5.92. The first-order valence-electron chi connectivity index (χ1n) is 5.52. The largest absolute Gasteiger partial charge is 0.468 e. The molecular weight excluding hydrogens is 257 g/mol. The third-order valence-corrected chi connectivity index (χ3v) is 2.98. The first kappa shape index (κ1) is 13.1. The van der Waals surface area contributed by atoms with Gasteiger partial charge >= 0.3 is 0 Å². The van der Waals surface area contributed by atoms with Crippen molar-refractivity contribution in [1.82, 2.24) is 5.32 Å². The van der Waals surface area contributed by atoms with E-state index in [9.17, 15) is 9.50 Å². The van der Waals surface area contributed by atoms with Gasteiger partial charge in [-0.2, -0.15) is 0 Å². The van der Waals surface area contributed by atoms with E-state index in [0.717, 1.165) is 5.56 Å². The van der Waals surface area contributed by atoms with E-state index in [-0.39, 0.29) is 18.5 Å². The molecule has 0 fully saturated rings. The summed E-state index contributed by atoms with van der Waals surface area (Å²) in [7, 11) is 0. The van der Waals surface area contributed by atoms with Gasteiger partial charge in [-0.05, 0) is 29.8 Å². The SMILES string of the molecule is OCC(NCc1ccc(F)cc1Cl)c1ccco1. The lowest BCUT2D eigenvalue weighted by Crippen LogP contribution is -2.23. The maximum Gasteiger partial charge on any atom is 0.124 e. The van der Waals surface area contributed by atoms with E-state index in [1.807, 2.05) is 0 Å². The van der Waals surface area contributed by atoms with Crippen LogP contribution in [0.3, 0.4) is 0 Å². The fourth-order valence-electron chi connectivity index (χ4n) is 1.64. The van der Waals surface area contributed by atoms with E-state index in [0.29, 0.717) is 17.3 Å². The van der Waals surface area contributed by atoms with Crippen LogP contribution in [0, 0.1) is 5.82 Å². The topological polar surface area (TPSA) is 45.4 Å². The van der Waals surface area contributed by atoms with Crippen LogP contribution in [-0.4, -0.2) is 11.7 Å². The molecule has 0 spiro atoms. The second kappa shape index (κ2) is 6.00. The maximum atomic E-state index is 12.9. The highest BCUT2D eigenvalue weighted by Crippen LogP contribution is 2.19. The predicted molar refractivity (Wildman–Crippen MR) is 66.8 cm³/mol. The number of halogens is 2. The van der Waals surface area contributed by atoms with Crippen LogP contribution in [0.1, 0.15) is 17.4 Å². The maximum absolute atomic E-state index is 12.9. The van der Waals surface area contributed by atoms with Crippen molar-refractivity contribution in [2.45, 2.75) is 12.6 Å². The molecule has 1 atom stereocenters. The Balaban J connectivity index is 2.02. The van der Waals surface area contributed by atoms with Gasteiger partial charge in [-0.25, -0.2) is 4.39 Å². The number of hydrogen-bond acceptors (Lipinski definition) is 3. The van der Waals surface area contributed by atoms with Crippen LogP contribution >= 0.6 is 11.6 Å². The summed E-state index contributed by atoms with van der Waals surface area (Å²) < 4.78 is 18.1. The Labute approximate surface area is 109 Å². The van der Waals surface area contributed by atoms with Gasteiger partial charge in [0.1, 0.15) is 11.6 Å². The van der Waals surface area contributed by atoms with Crippen molar-refractivity contribution in [1.29, 1.82) is 0 Å². The summed E-state index contributed by atoms with van der Waals surface area (Å²) in [6.45, 7) is 0.331. The number of hydrogen-bond donors (Lipinski definition) is 2. The molecule has 0 aliphatic carbocycles. The van der Waals surface area contributed by atoms with E-state index in [2.05, 4.69) is 5.32 Å². The second-order valence-corrected chi connectivity index (χ2v) is 4.27. The van der Waals surface area contributed by atoms with Gasteiger partial charge in [-0.15, -0.1) is 0 Å². The Morgan fingerprint density at radius 1 is 1.39 bits per heavy atom. The minimum atomic E-state index is -0.367. The van der Waals surface area contributed by atoms with Crippen molar-refractivity contribution >= 4 is 11.6 Å². The first-order chi connectivity index (χ1) is 8.70. The normalized spacial score (nSPS) is 12.6. The monoisotopic (exact) mass is 269 g/mol. The molecule has 1 unspecified atom stereocenters. The second-order valence-electron chi connectivity index (χ2n) is 3.87. The molecule has 0 saturated carbocycles. The van der Waals surface area contributed by atoms with Crippen LogP contribution in [-0.2, 0) is 6.54 Å². The standard InChI is InChI=1S/C13H13ClFNO2/c14-11-6-10(15)4-3-9(11)7-16-12(8-17)13-2-1-5-18-13/h1-6,12,16-17H,7-8H2. The number of rotatable bonds is 5. The molecule has 5 heteroatoms. The number of nitrogens with one attached hydrogen (secondary N) is 1. The van der Waals surface area contributed by atoms with Gasteiger partial charge < -0.3 is 14.8 Å². The Morgan fingerprint density at radius 2 is 2.22 bits per heavy atom. The summed E-state index contributed by atoms with van der Waals surface area (Å²) in [5, 5.41) is 12.7. The highest BCUT2D eigenvalue weighted by atomic mass is 35.5. The number of furan rings is 1. The van der Waals surface area contributed by atoms with Crippen LogP contribution in [0.2, 0.25) is 5.02 Å². The zero-order valence-electron chi connectivity index (χ0n) is 9.57. The van der Waals surface area contributed by atoms with Crippen LogP contribution in [0.15, 0.2) is 41.0 Å². The number of benzene rings is 1. The zero-order valence-corrected chi connectivity index (χ0v) is 10.3. The summed E-state index contributed by atoms with van der Waals surface area (Å²) in [5.41, 5.74) is 0.767. The fraction of sp³-hybridized carbons (Fsp3) is 0.231. The first-order valence-corrected chi connectivity index (χ1v) is 5.90. The lowest BCUT2D eigenvalue weighted by atomic mass is 10.2. The lowest BCUT2D eigenvalue weighted by Gasteiger charge is -2.14. The van der Waals surface area contributed by atoms with E-state index < -0.39 is 0 Å². The van der Waals surface area contributed by atoms with E-state index in [4.69, 9.17) is 16.0 Å².